The Morgan fingerprint density at radius 2 is 1.63 bits per heavy atom. The van der Waals surface area contributed by atoms with Gasteiger partial charge in [-0.2, -0.15) is 5.10 Å². The number of ether oxygens (including phenoxy) is 1. The Kier molecular flexibility index (Phi) is 8.43. The summed E-state index contributed by atoms with van der Waals surface area (Å²) in [5.74, 6) is -1.61. The first kappa shape index (κ1) is 29.7. The van der Waals surface area contributed by atoms with E-state index in [9.17, 15) is 18.4 Å². The van der Waals surface area contributed by atoms with Crippen LogP contribution in [0.5, 0.6) is 5.88 Å². The van der Waals surface area contributed by atoms with E-state index in [1.165, 1.54) is 17.2 Å². The van der Waals surface area contributed by atoms with Crippen LogP contribution in [0, 0.1) is 18.6 Å². The lowest BCUT2D eigenvalue weighted by atomic mass is 9.92. The standard InChI is InChI=1S/C32H34F2N6O3/c1-20-8-10-22(11-9-20)40-27(19-26(38-40)32(2,3)4)37-31(42)36-21-12-15-35-28(18-21)43-23-13-16-39(17-14-23)30(41)29-24(33)6-5-7-25(29)34/h5-12,15,18-19,23H,13-14,16-17H2,1-4H3,(H2,35,36,37,42). The van der Waals surface area contributed by atoms with Crippen molar-refractivity contribution in [1.82, 2.24) is 19.7 Å². The summed E-state index contributed by atoms with van der Waals surface area (Å²) < 4.78 is 35.9. The maximum absolute atomic E-state index is 14.1. The van der Waals surface area contributed by atoms with Gasteiger partial charge >= 0.3 is 6.03 Å². The molecule has 0 spiro atoms. The summed E-state index contributed by atoms with van der Waals surface area (Å²) in [6.45, 7) is 8.74. The summed E-state index contributed by atoms with van der Waals surface area (Å²) in [6.07, 6.45) is 2.19. The fourth-order valence-electron chi connectivity index (χ4n) is 4.76. The summed E-state index contributed by atoms with van der Waals surface area (Å²) >= 11 is 0. The summed E-state index contributed by atoms with van der Waals surface area (Å²) in [4.78, 5) is 31.4. The Morgan fingerprint density at radius 3 is 2.28 bits per heavy atom. The number of likely N-dealkylation sites (tertiary alicyclic amines) is 1. The van der Waals surface area contributed by atoms with E-state index in [-0.39, 0.29) is 24.6 Å². The maximum atomic E-state index is 14.1. The van der Waals surface area contributed by atoms with Crippen molar-refractivity contribution in [2.45, 2.75) is 52.1 Å². The lowest BCUT2D eigenvalue weighted by molar-refractivity contribution is 0.0579. The molecule has 2 aromatic heterocycles. The molecule has 3 amide bonds. The van der Waals surface area contributed by atoms with Crippen LogP contribution in [0.3, 0.4) is 0 Å². The molecule has 0 bridgehead atoms. The molecule has 5 rings (SSSR count). The first-order valence-corrected chi connectivity index (χ1v) is 14.1. The van der Waals surface area contributed by atoms with Crippen LogP contribution >= 0.6 is 0 Å². The van der Waals surface area contributed by atoms with Gasteiger partial charge in [0, 0.05) is 55.4 Å². The molecule has 1 aliphatic rings. The normalized spacial score (nSPS) is 14.0. The SMILES string of the molecule is Cc1ccc(-n2nc(C(C)(C)C)cc2NC(=O)Nc2ccnc(OC3CCN(C(=O)c4c(F)cccc4F)CC3)c2)cc1. The number of aromatic nitrogens is 3. The number of piperidine rings is 1. The monoisotopic (exact) mass is 588 g/mol. The second-order valence-corrected chi connectivity index (χ2v) is 11.6. The molecule has 2 N–H and O–H groups in total. The Morgan fingerprint density at radius 1 is 0.953 bits per heavy atom. The van der Waals surface area contributed by atoms with Gasteiger partial charge < -0.3 is 15.0 Å². The number of aryl methyl sites for hydroxylation is 1. The van der Waals surface area contributed by atoms with E-state index in [1.807, 2.05) is 37.3 Å². The summed E-state index contributed by atoms with van der Waals surface area (Å²) in [5.41, 5.74) is 2.47. The highest BCUT2D eigenvalue weighted by Gasteiger charge is 2.28. The van der Waals surface area contributed by atoms with Gasteiger partial charge in [-0.3, -0.25) is 10.1 Å². The number of pyridine rings is 1. The molecule has 43 heavy (non-hydrogen) atoms. The highest BCUT2D eigenvalue weighted by atomic mass is 19.1. The van der Waals surface area contributed by atoms with E-state index in [4.69, 9.17) is 9.84 Å². The molecule has 11 heteroatoms. The number of nitrogens with one attached hydrogen (secondary N) is 2. The van der Waals surface area contributed by atoms with Gasteiger partial charge in [0.25, 0.3) is 5.91 Å². The zero-order valence-corrected chi connectivity index (χ0v) is 24.5. The largest absolute Gasteiger partial charge is 0.474 e. The van der Waals surface area contributed by atoms with Crippen LogP contribution in [0.2, 0.25) is 0 Å². The van der Waals surface area contributed by atoms with Crippen molar-refractivity contribution >= 4 is 23.4 Å². The molecule has 1 saturated heterocycles. The van der Waals surface area contributed by atoms with Gasteiger partial charge in [-0.05, 0) is 37.3 Å². The topological polar surface area (TPSA) is 101 Å². The number of halogens is 2. The fraction of sp³-hybridized carbons (Fsp3) is 0.312. The number of carbonyl (C=O) groups excluding carboxylic acids is 2. The summed E-state index contributed by atoms with van der Waals surface area (Å²) in [6, 6.07) is 15.9. The highest BCUT2D eigenvalue weighted by Crippen LogP contribution is 2.27. The Bertz CT molecular complexity index is 1600. The average molecular weight is 589 g/mol. The third-order valence-electron chi connectivity index (χ3n) is 7.18. The first-order chi connectivity index (χ1) is 20.5. The quantitative estimate of drug-likeness (QED) is 0.269. The van der Waals surface area contributed by atoms with E-state index < -0.39 is 29.1 Å². The molecule has 0 aliphatic carbocycles. The lowest BCUT2D eigenvalue weighted by Crippen LogP contribution is -2.42. The van der Waals surface area contributed by atoms with Crippen LogP contribution in [-0.4, -0.2) is 50.8 Å². The minimum Gasteiger partial charge on any atom is -0.474 e. The van der Waals surface area contributed by atoms with E-state index in [1.54, 1.807) is 16.8 Å². The van der Waals surface area contributed by atoms with Gasteiger partial charge in [0.05, 0.1) is 11.4 Å². The number of nitrogens with zero attached hydrogens (tertiary/aromatic N) is 4. The van der Waals surface area contributed by atoms with Crippen LogP contribution in [-0.2, 0) is 5.41 Å². The second kappa shape index (κ2) is 12.2. The van der Waals surface area contributed by atoms with Gasteiger partial charge in [0.2, 0.25) is 5.88 Å². The molecule has 1 fully saturated rings. The van der Waals surface area contributed by atoms with Gasteiger partial charge in [-0.1, -0.05) is 44.5 Å². The lowest BCUT2D eigenvalue weighted by Gasteiger charge is -2.32. The zero-order chi connectivity index (χ0) is 30.7. The molecular formula is C32H34F2N6O3. The minimum atomic E-state index is -0.879. The van der Waals surface area contributed by atoms with Gasteiger partial charge in [0.15, 0.2) is 0 Å². The van der Waals surface area contributed by atoms with Crippen molar-refractivity contribution in [3.63, 3.8) is 0 Å². The van der Waals surface area contributed by atoms with Gasteiger partial charge in [-0.25, -0.2) is 23.2 Å². The van der Waals surface area contributed by atoms with Crippen molar-refractivity contribution in [2.24, 2.45) is 0 Å². The van der Waals surface area contributed by atoms with Crippen molar-refractivity contribution in [3.8, 4) is 11.6 Å². The third kappa shape index (κ3) is 6.99. The number of rotatable bonds is 6. The number of benzene rings is 2. The van der Waals surface area contributed by atoms with Crippen LogP contribution in [0.4, 0.5) is 25.1 Å². The number of carbonyl (C=O) groups is 2. The Hall–Kier alpha value is -4.80. The molecule has 0 radical (unpaired) electrons. The predicted octanol–water partition coefficient (Wildman–Crippen LogP) is 6.48. The smallest absolute Gasteiger partial charge is 0.324 e. The minimum absolute atomic E-state index is 0.225. The molecular weight excluding hydrogens is 554 g/mol. The van der Waals surface area contributed by atoms with Crippen LogP contribution in [0.1, 0.15) is 55.2 Å². The van der Waals surface area contributed by atoms with Crippen molar-refractivity contribution < 1.29 is 23.1 Å². The van der Waals surface area contributed by atoms with Crippen LogP contribution in [0.25, 0.3) is 5.69 Å². The van der Waals surface area contributed by atoms with E-state index in [2.05, 4.69) is 36.4 Å². The Labute approximate surface area is 248 Å². The van der Waals surface area contributed by atoms with Crippen molar-refractivity contribution in [3.05, 3.63) is 95.3 Å². The molecule has 0 atom stereocenters. The molecule has 2 aromatic carbocycles. The number of hydrogen-bond donors (Lipinski definition) is 2. The summed E-state index contributed by atoms with van der Waals surface area (Å²) in [7, 11) is 0. The van der Waals surface area contributed by atoms with E-state index >= 15 is 0 Å². The average Bonchev–Trinajstić information content (AvgIpc) is 3.38. The van der Waals surface area contributed by atoms with Crippen LogP contribution in [0.15, 0.2) is 66.9 Å². The maximum Gasteiger partial charge on any atom is 0.324 e. The fourth-order valence-corrected chi connectivity index (χ4v) is 4.76. The summed E-state index contributed by atoms with van der Waals surface area (Å²) in [5, 5.41) is 10.5. The number of anilines is 2. The molecule has 4 aromatic rings. The molecule has 9 nitrogen and oxygen atoms in total. The Balaban J connectivity index is 1.21. The molecule has 3 heterocycles. The highest BCUT2D eigenvalue weighted by molar-refractivity contribution is 5.99. The zero-order valence-electron chi connectivity index (χ0n) is 24.5. The van der Waals surface area contributed by atoms with E-state index in [0.717, 1.165) is 29.1 Å². The first-order valence-electron chi connectivity index (χ1n) is 14.1. The molecule has 0 unspecified atom stereocenters. The molecule has 224 valence electrons. The number of urea groups is 1. The molecule has 0 saturated carbocycles. The second-order valence-electron chi connectivity index (χ2n) is 11.6. The van der Waals surface area contributed by atoms with Crippen molar-refractivity contribution in [1.29, 1.82) is 0 Å². The molecule has 1 aliphatic heterocycles. The number of amides is 3. The van der Waals surface area contributed by atoms with Gasteiger partial charge in [-0.15, -0.1) is 0 Å². The van der Waals surface area contributed by atoms with E-state index in [0.29, 0.717) is 30.2 Å². The number of hydrogen-bond acceptors (Lipinski definition) is 5. The van der Waals surface area contributed by atoms with Gasteiger partial charge in [0.1, 0.15) is 29.1 Å². The third-order valence-corrected chi connectivity index (χ3v) is 7.18. The van der Waals surface area contributed by atoms with Crippen LogP contribution < -0.4 is 15.4 Å². The predicted molar refractivity (Wildman–Crippen MR) is 160 cm³/mol. The van der Waals surface area contributed by atoms with Crippen molar-refractivity contribution in [2.75, 3.05) is 23.7 Å².